The van der Waals surface area contributed by atoms with E-state index < -0.39 is 11.4 Å². The third-order valence-electron chi connectivity index (χ3n) is 4.24. The van der Waals surface area contributed by atoms with Gasteiger partial charge in [-0.1, -0.05) is 48.2 Å². The highest BCUT2D eigenvalue weighted by molar-refractivity contribution is 8.93. The van der Waals surface area contributed by atoms with Crippen LogP contribution in [0.5, 0.6) is 0 Å². The van der Waals surface area contributed by atoms with E-state index in [1.54, 1.807) is 11.8 Å². The second-order valence-corrected chi connectivity index (χ2v) is 6.66. The number of rotatable bonds is 4. The van der Waals surface area contributed by atoms with E-state index in [1.165, 1.54) is 0 Å². The molecule has 3 rings (SSSR count). The number of benzene rings is 2. The molecule has 0 unspecified atom stereocenters. The first-order valence-corrected chi connectivity index (χ1v) is 8.30. The monoisotopic (exact) mass is 393 g/mol. The van der Waals surface area contributed by atoms with Gasteiger partial charge in [0.25, 0.3) is 0 Å². The van der Waals surface area contributed by atoms with Gasteiger partial charge in [0.1, 0.15) is 0 Å². The Kier molecular flexibility index (Phi) is 6.27. The zero-order valence-electron chi connectivity index (χ0n) is 12.7. The molecule has 0 spiro atoms. The Labute approximate surface area is 151 Å². The van der Waals surface area contributed by atoms with Crippen molar-refractivity contribution in [3.63, 3.8) is 0 Å². The molecule has 2 aromatic rings. The van der Waals surface area contributed by atoms with Crippen LogP contribution in [-0.2, 0) is 10.2 Å². The number of carbonyl (C=O) groups is 1. The van der Waals surface area contributed by atoms with Gasteiger partial charge in [-0.25, -0.2) is 0 Å². The lowest BCUT2D eigenvalue weighted by atomic mass is 9.73. The zero-order chi connectivity index (χ0) is 15.4. The van der Waals surface area contributed by atoms with Gasteiger partial charge in [0.15, 0.2) is 0 Å². The van der Waals surface area contributed by atoms with Gasteiger partial charge in [0.05, 0.1) is 5.41 Å². The standard InChI is InChI=1S/C18H19NO2S.BrH/c20-17(21)18(10-12-19-13-11-18)15-8-4-5-9-16(15)22-14-6-2-1-3-7-14;/h1-9,19H,10-13H2,(H,20,21);1H. The molecule has 0 aliphatic carbocycles. The fourth-order valence-corrected chi connectivity index (χ4v) is 4.09. The SMILES string of the molecule is Br.O=C(O)C1(c2ccccc2Sc2ccccc2)CCNCC1. The van der Waals surface area contributed by atoms with Crippen molar-refractivity contribution in [2.75, 3.05) is 13.1 Å². The molecule has 2 aromatic carbocycles. The van der Waals surface area contributed by atoms with Crippen LogP contribution in [0.2, 0.25) is 0 Å². The summed E-state index contributed by atoms with van der Waals surface area (Å²) in [5.74, 6) is -0.713. The predicted molar refractivity (Wildman–Crippen MR) is 98.7 cm³/mol. The Hall–Kier alpha value is -1.30. The minimum atomic E-state index is -0.774. The molecule has 0 radical (unpaired) electrons. The summed E-state index contributed by atoms with van der Waals surface area (Å²) in [5, 5.41) is 13.2. The smallest absolute Gasteiger partial charge is 0.314 e. The Morgan fingerprint density at radius 2 is 1.61 bits per heavy atom. The zero-order valence-corrected chi connectivity index (χ0v) is 15.2. The number of carboxylic acid groups (broad SMARTS) is 1. The molecule has 1 fully saturated rings. The lowest BCUT2D eigenvalue weighted by Gasteiger charge is -2.35. The Bertz CT molecular complexity index is 657. The second-order valence-electron chi connectivity index (χ2n) is 5.55. The van der Waals surface area contributed by atoms with Gasteiger partial charge < -0.3 is 10.4 Å². The summed E-state index contributed by atoms with van der Waals surface area (Å²) in [4.78, 5) is 14.2. The summed E-state index contributed by atoms with van der Waals surface area (Å²) in [6, 6.07) is 18.0. The average Bonchev–Trinajstić information content (AvgIpc) is 2.57. The minimum Gasteiger partial charge on any atom is -0.481 e. The van der Waals surface area contributed by atoms with Crippen LogP contribution in [0.3, 0.4) is 0 Å². The summed E-state index contributed by atoms with van der Waals surface area (Å²) in [7, 11) is 0. The average molecular weight is 394 g/mol. The molecule has 5 heteroatoms. The molecule has 3 nitrogen and oxygen atoms in total. The predicted octanol–water partition coefficient (Wildman–Crippen LogP) is 4.12. The van der Waals surface area contributed by atoms with Crippen LogP contribution in [0.1, 0.15) is 18.4 Å². The number of nitrogens with one attached hydrogen (secondary N) is 1. The first kappa shape index (κ1) is 18.0. The van der Waals surface area contributed by atoms with Crippen LogP contribution in [0, 0.1) is 0 Å². The van der Waals surface area contributed by atoms with Crippen LogP contribution >= 0.6 is 28.7 Å². The van der Waals surface area contributed by atoms with E-state index in [0.717, 1.165) is 28.4 Å². The van der Waals surface area contributed by atoms with Crippen molar-refractivity contribution < 1.29 is 9.90 Å². The van der Waals surface area contributed by atoms with Crippen LogP contribution < -0.4 is 5.32 Å². The van der Waals surface area contributed by atoms with Crippen LogP contribution in [0.25, 0.3) is 0 Å². The van der Waals surface area contributed by atoms with Crippen molar-refractivity contribution in [2.24, 2.45) is 0 Å². The maximum atomic E-state index is 12.0. The highest BCUT2D eigenvalue weighted by atomic mass is 79.9. The Morgan fingerprint density at radius 1 is 1.00 bits per heavy atom. The Balaban J connectivity index is 0.00000192. The normalized spacial score (nSPS) is 16.3. The van der Waals surface area contributed by atoms with E-state index in [-0.39, 0.29) is 17.0 Å². The van der Waals surface area contributed by atoms with Gasteiger partial charge >= 0.3 is 5.97 Å². The quantitative estimate of drug-likeness (QED) is 0.819. The van der Waals surface area contributed by atoms with Crippen molar-refractivity contribution in [1.82, 2.24) is 5.32 Å². The summed E-state index contributed by atoms with van der Waals surface area (Å²) >= 11 is 1.64. The molecule has 0 bridgehead atoms. The van der Waals surface area contributed by atoms with Gasteiger partial charge in [-0.3, -0.25) is 4.79 Å². The molecule has 1 saturated heterocycles. The maximum absolute atomic E-state index is 12.0. The van der Waals surface area contributed by atoms with Gasteiger partial charge in [-0.15, -0.1) is 17.0 Å². The van der Waals surface area contributed by atoms with E-state index >= 15 is 0 Å². The number of piperidine rings is 1. The molecule has 0 amide bonds. The van der Waals surface area contributed by atoms with E-state index in [2.05, 4.69) is 17.4 Å². The molecule has 0 saturated carbocycles. The molecule has 23 heavy (non-hydrogen) atoms. The maximum Gasteiger partial charge on any atom is 0.314 e. The summed E-state index contributed by atoms with van der Waals surface area (Å²) in [6.07, 6.45) is 1.27. The molecule has 1 aliphatic rings. The third kappa shape index (κ3) is 3.79. The largest absolute Gasteiger partial charge is 0.481 e. The number of hydrogen-bond acceptors (Lipinski definition) is 3. The number of carboxylic acids is 1. The summed E-state index contributed by atoms with van der Waals surface area (Å²) < 4.78 is 0. The lowest BCUT2D eigenvalue weighted by Crippen LogP contribution is -2.45. The minimum absolute atomic E-state index is 0. The fourth-order valence-electron chi connectivity index (χ4n) is 3.02. The van der Waals surface area contributed by atoms with Crippen molar-refractivity contribution in [2.45, 2.75) is 28.0 Å². The van der Waals surface area contributed by atoms with E-state index in [1.807, 2.05) is 42.5 Å². The number of halogens is 1. The first-order valence-electron chi connectivity index (χ1n) is 7.49. The second kappa shape index (κ2) is 7.99. The molecule has 0 atom stereocenters. The number of aliphatic carboxylic acids is 1. The molecule has 1 aliphatic heterocycles. The Morgan fingerprint density at radius 3 is 2.26 bits per heavy atom. The first-order chi connectivity index (χ1) is 10.7. The molecular weight excluding hydrogens is 374 g/mol. The van der Waals surface area contributed by atoms with Crippen LogP contribution in [0.4, 0.5) is 0 Å². The van der Waals surface area contributed by atoms with Crippen molar-refractivity contribution in [3.8, 4) is 0 Å². The number of hydrogen-bond donors (Lipinski definition) is 2. The molecule has 0 aromatic heterocycles. The van der Waals surface area contributed by atoms with Crippen molar-refractivity contribution >= 4 is 34.7 Å². The van der Waals surface area contributed by atoms with E-state index in [4.69, 9.17) is 0 Å². The van der Waals surface area contributed by atoms with Gasteiger partial charge in [0, 0.05) is 9.79 Å². The van der Waals surface area contributed by atoms with Gasteiger partial charge in [-0.2, -0.15) is 0 Å². The fraction of sp³-hybridized carbons (Fsp3) is 0.278. The van der Waals surface area contributed by atoms with E-state index in [9.17, 15) is 9.90 Å². The molecule has 1 heterocycles. The summed E-state index contributed by atoms with van der Waals surface area (Å²) in [6.45, 7) is 1.49. The summed E-state index contributed by atoms with van der Waals surface area (Å²) in [5.41, 5.74) is 0.168. The molecule has 2 N–H and O–H groups in total. The van der Waals surface area contributed by atoms with Crippen molar-refractivity contribution in [1.29, 1.82) is 0 Å². The van der Waals surface area contributed by atoms with Gasteiger partial charge in [-0.05, 0) is 49.7 Å². The molecular formula is C18H20BrNO2S. The topological polar surface area (TPSA) is 49.3 Å². The van der Waals surface area contributed by atoms with E-state index in [0.29, 0.717) is 12.8 Å². The highest BCUT2D eigenvalue weighted by Gasteiger charge is 2.42. The van der Waals surface area contributed by atoms with Crippen LogP contribution in [0.15, 0.2) is 64.4 Å². The third-order valence-corrected chi connectivity index (χ3v) is 5.32. The van der Waals surface area contributed by atoms with Crippen LogP contribution in [-0.4, -0.2) is 24.2 Å². The molecule has 122 valence electrons. The van der Waals surface area contributed by atoms with Gasteiger partial charge in [0.2, 0.25) is 0 Å². The lowest BCUT2D eigenvalue weighted by molar-refractivity contribution is -0.145. The highest BCUT2D eigenvalue weighted by Crippen LogP contribution is 2.41. The van der Waals surface area contributed by atoms with Crippen molar-refractivity contribution in [3.05, 3.63) is 60.2 Å².